The number of phenols is 1. The van der Waals surface area contributed by atoms with Crippen LogP contribution in [0.5, 0.6) is 5.75 Å². The van der Waals surface area contributed by atoms with E-state index in [4.69, 9.17) is 0 Å². The van der Waals surface area contributed by atoms with Gasteiger partial charge < -0.3 is 5.11 Å². The predicted octanol–water partition coefficient (Wildman–Crippen LogP) is 6.73. The third-order valence-corrected chi connectivity index (χ3v) is 5.68. The van der Waals surface area contributed by atoms with Crippen LogP contribution in [-0.4, -0.2) is 5.11 Å². The van der Waals surface area contributed by atoms with Crippen LogP contribution in [0.4, 0.5) is 0 Å². The molecule has 1 nitrogen and oxygen atoms in total. The highest BCUT2D eigenvalue weighted by Gasteiger charge is 2.09. The molecule has 0 aromatic heterocycles. The maximum Gasteiger partial charge on any atom is 0.124 e. The maximum absolute atomic E-state index is 11.0. The second kappa shape index (κ2) is 5.21. The zero-order valence-corrected chi connectivity index (χ0v) is 14.6. The van der Waals surface area contributed by atoms with Gasteiger partial charge in [0, 0.05) is 5.22 Å². The summed E-state index contributed by atoms with van der Waals surface area (Å²) in [4.78, 5) is 0. The zero-order valence-electron chi connectivity index (χ0n) is 14.6. The first kappa shape index (κ1) is 14.6. The van der Waals surface area contributed by atoms with Gasteiger partial charge >= 0.3 is 0 Å². The number of benzene rings is 6. The quantitative estimate of drug-likeness (QED) is 0.324. The van der Waals surface area contributed by atoms with Crippen LogP contribution in [0.2, 0.25) is 0 Å². The fourth-order valence-corrected chi connectivity index (χ4v) is 4.55. The van der Waals surface area contributed by atoms with Crippen molar-refractivity contribution >= 4 is 43.1 Å². The van der Waals surface area contributed by atoms with Crippen LogP contribution in [0, 0.1) is 10.4 Å². The first-order chi connectivity index (χ1) is 13.3. The molecule has 0 saturated carbocycles. The van der Waals surface area contributed by atoms with E-state index in [2.05, 4.69) is 78.9 Å². The molecular weight excluding hydrogens is 328 g/mol. The zero-order chi connectivity index (χ0) is 18.0. The minimum absolute atomic E-state index is 0.331. The van der Waals surface area contributed by atoms with Gasteiger partial charge in [-0.3, -0.25) is 0 Å². The van der Waals surface area contributed by atoms with Gasteiger partial charge in [-0.05, 0) is 54.4 Å². The normalized spacial score (nSPS) is 13.2. The summed E-state index contributed by atoms with van der Waals surface area (Å²) in [6.45, 7) is 0. The van der Waals surface area contributed by atoms with E-state index in [9.17, 15) is 5.11 Å². The van der Waals surface area contributed by atoms with E-state index in [0.717, 1.165) is 21.2 Å². The van der Waals surface area contributed by atoms with Crippen molar-refractivity contribution in [3.63, 3.8) is 0 Å². The van der Waals surface area contributed by atoms with Crippen molar-refractivity contribution in [3.8, 4) is 5.75 Å². The Morgan fingerprint density at radius 2 is 1.00 bits per heavy atom. The fourth-order valence-electron chi connectivity index (χ4n) is 4.55. The highest BCUT2D eigenvalue weighted by Crippen LogP contribution is 2.35. The Bertz CT molecular complexity index is 1550. The van der Waals surface area contributed by atoms with Crippen molar-refractivity contribution in [1.29, 1.82) is 0 Å². The molecule has 0 aliphatic rings. The van der Waals surface area contributed by atoms with Gasteiger partial charge in [0.25, 0.3) is 0 Å². The van der Waals surface area contributed by atoms with Gasteiger partial charge in [-0.1, -0.05) is 84.9 Å². The third kappa shape index (κ3) is 1.94. The summed E-state index contributed by atoms with van der Waals surface area (Å²) < 4.78 is 0. The molecule has 6 rings (SSSR count). The number of aromatic hydroxyl groups is 1. The van der Waals surface area contributed by atoms with Gasteiger partial charge in [-0.25, -0.2) is 0 Å². The van der Waals surface area contributed by atoms with Crippen LogP contribution in [0.3, 0.4) is 0 Å². The summed E-state index contributed by atoms with van der Waals surface area (Å²) in [6.07, 6.45) is 0. The average Bonchev–Trinajstić information content (AvgIpc) is 2.70. The maximum atomic E-state index is 11.0. The minimum Gasteiger partial charge on any atom is -0.507 e. The summed E-state index contributed by atoms with van der Waals surface area (Å²) >= 11 is 0. The van der Waals surface area contributed by atoms with E-state index in [-0.39, 0.29) is 0 Å². The van der Waals surface area contributed by atoms with Crippen molar-refractivity contribution in [1.82, 2.24) is 0 Å². The Morgan fingerprint density at radius 1 is 0.481 bits per heavy atom. The van der Waals surface area contributed by atoms with Gasteiger partial charge in [0.05, 0.1) is 0 Å². The summed E-state index contributed by atoms with van der Waals surface area (Å²) in [6, 6.07) is 31.6. The molecular formula is C26H16O. The van der Waals surface area contributed by atoms with Crippen LogP contribution in [0.25, 0.3) is 43.1 Å². The van der Waals surface area contributed by atoms with Crippen molar-refractivity contribution in [2.75, 3.05) is 0 Å². The van der Waals surface area contributed by atoms with Crippen molar-refractivity contribution in [3.05, 3.63) is 101 Å². The number of hydrogen-bond acceptors (Lipinski definition) is 1. The van der Waals surface area contributed by atoms with Gasteiger partial charge in [0.1, 0.15) is 5.75 Å². The van der Waals surface area contributed by atoms with Crippen LogP contribution >= 0.6 is 0 Å². The second-order valence-electron chi connectivity index (χ2n) is 7.15. The predicted molar refractivity (Wildman–Crippen MR) is 113 cm³/mol. The van der Waals surface area contributed by atoms with E-state index < -0.39 is 0 Å². The molecule has 0 unspecified atom stereocenters. The Balaban J connectivity index is 2.01. The molecule has 0 amide bonds. The third-order valence-electron chi connectivity index (χ3n) is 5.68. The monoisotopic (exact) mass is 344 g/mol. The molecule has 6 aromatic carbocycles. The Hall–Kier alpha value is -3.58. The van der Waals surface area contributed by atoms with Gasteiger partial charge in [0.15, 0.2) is 0 Å². The molecule has 0 aliphatic heterocycles. The average molecular weight is 344 g/mol. The SMILES string of the molecule is Oc1cc2cccc3cccc(c1=c1ccc4cccc5cccc1c54)c32. The molecule has 0 heterocycles. The lowest BCUT2D eigenvalue weighted by atomic mass is 9.94. The van der Waals surface area contributed by atoms with Gasteiger partial charge in [-0.2, -0.15) is 0 Å². The Morgan fingerprint density at radius 3 is 1.70 bits per heavy atom. The molecule has 27 heavy (non-hydrogen) atoms. The molecule has 0 spiro atoms. The van der Waals surface area contributed by atoms with Gasteiger partial charge in [0.2, 0.25) is 0 Å². The lowest BCUT2D eigenvalue weighted by Crippen LogP contribution is -1.86. The molecule has 126 valence electrons. The van der Waals surface area contributed by atoms with Gasteiger partial charge in [-0.15, -0.1) is 0 Å². The topological polar surface area (TPSA) is 20.2 Å². The minimum atomic E-state index is 0.331. The smallest absolute Gasteiger partial charge is 0.124 e. The molecule has 0 bridgehead atoms. The summed E-state index contributed by atoms with van der Waals surface area (Å²) in [5.74, 6) is 0.331. The van der Waals surface area contributed by atoms with Crippen molar-refractivity contribution in [2.24, 2.45) is 0 Å². The second-order valence-corrected chi connectivity index (χ2v) is 7.15. The van der Waals surface area contributed by atoms with Crippen LogP contribution in [-0.2, 0) is 0 Å². The summed E-state index contributed by atoms with van der Waals surface area (Å²) in [5, 5.41) is 22.4. The van der Waals surface area contributed by atoms with E-state index in [0.29, 0.717) is 5.75 Å². The molecule has 0 atom stereocenters. The highest BCUT2D eigenvalue weighted by molar-refractivity contribution is 6.13. The molecule has 0 radical (unpaired) electrons. The molecule has 1 N–H and O–H groups in total. The van der Waals surface area contributed by atoms with Crippen LogP contribution in [0.1, 0.15) is 0 Å². The van der Waals surface area contributed by atoms with Crippen molar-refractivity contribution in [2.45, 2.75) is 0 Å². The largest absolute Gasteiger partial charge is 0.507 e. The number of rotatable bonds is 0. The van der Waals surface area contributed by atoms with Crippen LogP contribution in [0.15, 0.2) is 91.0 Å². The molecule has 6 aromatic rings. The Labute approximate surface area is 155 Å². The molecule has 1 heteroatoms. The first-order valence-electron chi connectivity index (χ1n) is 9.19. The number of hydrogen-bond donors (Lipinski definition) is 1. The van der Waals surface area contributed by atoms with E-state index in [1.165, 1.54) is 32.3 Å². The standard InChI is InChI=1S/C26H16O/c27-23-15-19-10-2-6-17-9-4-12-22(25(17)19)26(23)21-14-13-18-7-1-5-16-8-3-11-20(21)24(16)18/h1-15,27H. The van der Waals surface area contributed by atoms with E-state index >= 15 is 0 Å². The summed E-state index contributed by atoms with van der Waals surface area (Å²) in [7, 11) is 0. The molecule has 0 fully saturated rings. The van der Waals surface area contributed by atoms with E-state index in [1.54, 1.807) is 0 Å². The lowest BCUT2D eigenvalue weighted by Gasteiger charge is -2.10. The molecule has 0 saturated heterocycles. The first-order valence-corrected chi connectivity index (χ1v) is 9.19. The molecule has 0 aliphatic carbocycles. The summed E-state index contributed by atoms with van der Waals surface area (Å²) in [5.41, 5.74) is 0. The lowest BCUT2D eigenvalue weighted by molar-refractivity contribution is 0.473. The Kier molecular flexibility index (Phi) is 2.81. The van der Waals surface area contributed by atoms with E-state index in [1.807, 2.05) is 12.1 Å². The van der Waals surface area contributed by atoms with Crippen molar-refractivity contribution < 1.29 is 5.11 Å². The van der Waals surface area contributed by atoms with Crippen LogP contribution < -0.4 is 0 Å². The fraction of sp³-hybridized carbons (Fsp3) is 0. The highest BCUT2D eigenvalue weighted by atomic mass is 16.3. The number of phenolic OH excluding ortho intramolecular Hbond substituents is 1.